The number of rotatable bonds is 4. The molecule has 0 saturated carbocycles. The monoisotopic (exact) mass is 560 g/mol. The third-order valence-electron chi connectivity index (χ3n) is 6.95. The summed E-state index contributed by atoms with van der Waals surface area (Å²) in [7, 11) is 4.21. The van der Waals surface area contributed by atoms with Gasteiger partial charge in [-0.2, -0.15) is 0 Å². The SMILES string of the molecule is COC1=C2CC(C)C[C@H](OC)[C@H](O)C(C)C=C(C)[C@H](OC(N)=O)C(OC)/C=C/C=C(C)C(=O)NC(=CC1=O)C2=O. The Bertz CT molecular complexity index is 1150. The van der Waals surface area contributed by atoms with E-state index in [-0.39, 0.29) is 34.9 Å². The summed E-state index contributed by atoms with van der Waals surface area (Å²) in [5.74, 6) is -2.39. The summed E-state index contributed by atoms with van der Waals surface area (Å²) >= 11 is 0. The first-order valence-corrected chi connectivity index (χ1v) is 13.0. The van der Waals surface area contributed by atoms with Gasteiger partial charge in [-0.3, -0.25) is 14.4 Å². The fraction of sp³-hybridized carbons (Fsp3) is 0.517. The van der Waals surface area contributed by atoms with Gasteiger partial charge in [0.2, 0.25) is 11.6 Å². The Morgan fingerprint density at radius 1 is 1.10 bits per heavy atom. The number of nitrogens with two attached hydrogens (primary N) is 1. The Hall–Kier alpha value is -3.54. The van der Waals surface area contributed by atoms with Crippen molar-refractivity contribution in [2.45, 2.75) is 65.0 Å². The number of ketones is 2. The minimum Gasteiger partial charge on any atom is -0.492 e. The van der Waals surface area contributed by atoms with Crippen molar-refractivity contribution in [3.8, 4) is 0 Å². The number of allylic oxidation sites excluding steroid dienone is 4. The summed E-state index contributed by atoms with van der Waals surface area (Å²) in [5, 5.41) is 13.7. The third kappa shape index (κ3) is 8.23. The van der Waals surface area contributed by atoms with Crippen LogP contribution in [0.4, 0.5) is 4.79 Å². The average Bonchev–Trinajstić information content (AvgIpc) is 2.90. The first kappa shape index (κ1) is 32.7. The molecule has 2 bridgehead atoms. The van der Waals surface area contributed by atoms with Crippen molar-refractivity contribution >= 4 is 23.6 Å². The molecule has 1 aliphatic heterocycles. The first-order chi connectivity index (χ1) is 18.8. The highest BCUT2D eigenvalue weighted by Crippen LogP contribution is 2.29. The van der Waals surface area contributed by atoms with E-state index in [9.17, 15) is 24.3 Å². The summed E-state index contributed by atoms with van der Waals surface area (Å²) in [5.41, 5.74) is 6.12. The Balaban J connectivity index is 2.60. The number of hydrogen-bond donors (Lipinski definition) is 3. The fourth-order valence-corrected chi connectivity index (χ4v) is 4.78. The van der Waals surface area contributed by atoms with Crippen LogP contribution in [0.3, 0.4) is 0 Å². The van der Waals surface area contributed by atoms with Gasteiger partial charge in [-0.1, -0.05) is 38.2 Å². The van der Waals surface area contributed by atoms with E-state index >= 15 is 0 Å². The van der Waals surface area contributed by atoms with Crippen molar-refractivity contribution < 1.29 is 43.2 Å². The second-order valence-electron chi connectivity index (χ2n) is 10.1. The van der Waals surface area contributed by atoms with Gasteiger partial charge in [0.1, 0.15) is 6.10 Å². The number of fused-ring (bicyclic) bond motifs is 2. The largest absolute Gasteiger partial charge is 0.492 e. The predicted molar refractivity (Wildman–Crippen MR) is 147 cm³/mol. The number of carbonyl (C=O) groups is 4. The molecule has 0 fully saturated rings. The highest BCUT2D eigenvalue weighted by atomic mass is 16.6. The van der Waals surface area contributed by atoms with Gasteiger partial charge in [-0.05, 0) is 38.2 Å². The molecule has 0 radical (unpaired) electrons. The van der Waals surface area contributed by atoms with E-state index in [1.807, 2.05) is 6.92 Å². The van der Waals surface area contributed by atoms with Crippen molar-refractivity contribution in [1.29, 1.82) is 0 Å². The van der Waals surface area contributed by atoms with E-state index in [4.69, 9.17) is 24.7 Å². The molecule has 220 valence electrons. The summed E-state index contributed by atoms with van der Waals surface area (Å²) in [6.07, 6.45) is 3.61. The number of aliphatic hydroxyl groups excluding tert-OH is 1. The lowest BCUT2D eigenvalue weighted by molar-refractivity contribution is -0.120. The van der Waals surface area contributed by atoms with Crippen LogP contribution in [0.1, 0.15) is 40.5 Å². The number of amides is 2. The molecule has 0 spiro atoms. The Morgan fingerprint density at radius 3 is 2.35 bits per heavy atom. The van der Waals surface area contributed by atoms with Gasteiger partial charge in [0.05, 0.1) is 25.0 Å². The second-order valence-corrected chi connectivity index (χ2v) is 10.1. The molecule has 0 saturated heterocycles. The maximum atomic E-state index is 13.3. The minimum atomic E-state index is -1.00. The van der Waals surface area contributed by atoms with Crippen LogP contribution in [0.15, 0.2) is 58.6 Å². The van der Waals surface area contributed by atoms with Gasteiger partial charge >= 0.3 is 6.09 Å². The lowest BCUT2D eigenvalue weighted by Gasteiger charge is -2.29. The first-order valence-electron chi connectivity index (χ1n) is 13.0. The molecular weight excluding hydrogens is 520 g/mol. The van der Waals surface area contributed by atoms with Gasteiger partial charge in [0, 0.05) is 37.4 Å². The van der Waals surface area contributed by atoms with Crippen molar-refractivity contribution in [3.05, 3.63) is 58.6 Å². The number of aliphatic hydroxyl groups is 1. The molecule has 0 aromatic carbocycles. The zero-order chi connectivity index (χ0) is 30.1. The molecule has 0 aromatic rings. The number of nitrogens with one attached hydrogen (secondary N) is 1. The molecule has 3 unspecified atom stereocenters. The van der Waals surface area contributed by atoms with Crippen LogP contribution in [0.25, 0.3) is 0 Å². The number of methoxy groups -OCH3 is 3. The lowest BCUT2D eigenvalue weighted by Crippen LogP contribution is -2.37. The number of ether oxygens (including phenoxy) is 4. The van der Waals surface area contributed by atoms with Crippen LogP contribution in [0, 0.1) is 11.8 Å². The molecule has 40 heavy (non-hydrogen) atoms. The van der Waals surface area contributed by atoms with Gasteiger partial charge in [-0.25, -0.2) is 4.79 Å². The second kappa shape index (κ2) is 14.7. The molecule has 4 N–H and O–H groups in total. The van der Waals surface area contributed by atoms with Gasteiger partial charge in [0.25, 0.3) is 5.91 Å². The summed E-state index contributed by atoms with van der Waals surface area (Å²) in [4.78, 5) is 50.6. The summed E-state index contributed by atoms with van der Waals surface area (Å²) in [6.45, 7) is 6.92. The fourth-order valence-electron chi connectivity index (χ4n) is 4.78. The third-order valence-corrected chi connectivity index (χ3v) is 6.95. The average molecular weight is 561 g/mol. The predicted octanol–water partition coefficient (Wildman–Crippen LogP) is 2.41. The van der Waals surface area contributed by atoms with E-state index in [0.717, 1.165) is 6.08 Å². The van der Waals surface area contributed by atoms with Crippen LogP contribution in [-0.2, 0) is 33.3 Å². The highest BCUT2D eigenvalue weighted by Gasteiger charge is 2.34. The van der Waals surface area contributed by atoms with Crippen LogP contribution in [-0.4, -0.2) is 74.4 Å². The van der Waals surface area contributed by atoms with Gasteiger partial charge in [0.15, 0.2) is 11.9 Å². The molecule has 11 heteroatoms. The maximum absolute atomic E-state index is 13.3. The lowest BCUT2D eigenvalue weighted by atomic mass is 9.85. The molecule has 2 rings (SSSR count). The van der Waals surface area contributed by atoms with E-state index in [1.54, 1.807) is 32.1 Å². The van der Waals surface area contributed by atoms with Crippen LogP contribution in [0.2, 0.25) is 0 Å². The quantitative estimate of drug-likeness (QED) is 0.346. The molecular formula is C29H40N2O9. The number of primary amides is 1. The van der Waals surface area contributed by atoms with Crippen molar-refractivity contribution in [1.82, 2.24) is 5.32 Å². The number of carbonyl (C=O) groups excluding carboxylic acids is 4. The number of hydrogen-bond acceptors (Lipinski definition) is 9. The van der Waals surface area contributed by atoms with Crippen LogP contribution < -0.4 is 11.1 Å². The maximum Gasteiger partial charge on any atom is 0.405 e. The Kier molecular flexibility index (Phi) is 12.0. The molecule has 1 aliphatic carbocycles. The molecule has 6 atom stereocenters. The summed E-state index contributed by atoms with van der Waals surface area (Å²) in [6, 6.07) is 0. The molecule has 2 aliphatic rings. The smallest absolute Gasteiger partial charge is 0.405 e. The van der Waals surface area contributed by atoms with E-state index < -0.39 is 53.9 Å². The van der Waals surface area contributed by atoms with Gasteiger partial charge < -0.3 is 35.1 Å². The van der Waals surface area contributed by atoms with Crippen LogP contribution >= 0.6 is 0 Å². The zero-order valence-electron chi connectivity index (χ0n) is 24.1. The zero-order valence-corrected chi connectivity index (χ0v) is 24.1. The number of Topliss-reactive ketones (excluding diaryl/α,β-unsaturated/α-hetero) is 1. The van der Waals surface area contributed by atoms with E-state index in [1.165, 1.54) is 34.3 Å². The topological polar surface area (TPSA) is 163 Å². The van der Waals surface area contributed by atoms with Crippen LogP contribution in [0.5, 0.6) is 0 Å². The Morgan fingerprint density at radius 2 is 1.77 bits per heavy atom. The normalized spacial score (nSPS) is 30.1. The molecule has 0 aromatic heterocycles. The minimum absolute atomic E-state index is 0.0801. The van der Waals surface area contributed by atoms with Gasteiger partial charge in [-0.15, -0.1) is 0 Å². The van der Waals surface area contributed by atoms with Crippen molar-refractivity contribution in [2.75, 3.05) is 21.3 Å². The standard InChI is InChI=1S/C29H40N2O9/c1-15-11-19-25(34)20(14-21(32)27(19)39-7)31-28(35)16(2)9-8-10-22(37-5)26(40-29(30)36)18(4)13-17(3)24(33)23(12-15)38-6/h8-10,13-15,17,22-24,26,33H,11-12H2,1-7H3,(H2,30,36)(H,31,35)/b10-8+,16-9?,18-13?/t15?,17?,22?,23-,24+,26-/m0/s1. The highest BCUT2D eigenvalue weighted by molar-refractivity contribution is 6.23. The molecule has 11 nitrogen and oxygen atoms in total. The molecule has 2 amide bonds. The summed E-state index contributed by atoms with van der Waals surface area (Å²) < 4.78 is 21.7. The Labute approximate surface area is 234 Å². The van der Waals surface area contributed by atoms with Crippen molar-refractivity contribution in [2.24, 2.45) is 17.6 Å². The van der Waals surface area contributed by atoms with E-state index in [2.05, 4.69) is 5.32 Å². The van der Waals surface area contributed by atoms with Crippen molar-refractivity contribution in [3.63, 3.8) is 0 Å². The molecule has 1 heterocycles. The van der Waals surface area contributed by atoms with E-state index in [0.29, 0.717) is 12.0 Å².